The first-order chi connectivity index (χ1) is 11.6. The smallest absolute Gasteiger partial charge is 0.292 e. The Balaban J connectivity index is 1.83. The van der Waals surface area contributed by atoms with Crippen molar-refractivity contribution in [3.8, 4) is 11.3 Å². The van der Waals surface area contributed by atoms with Crippen LogP contribution in [0.1, 0.15) is 21.1 Å². The highest BCUT2D eigenvalue weighted by Crippen LogP contribution is 2.31. The van der Waals surface area contributed by atoms with E-state index in [1.54, 1.807) is 16.6 Å². The molecule has 6 nitrogen and oxygen atoms in total. The van der Waals surface area contributed by atoms with Crippen LogP contribution in [0.25, 0.3) is 16.2 Å². The van der Waals surface area contributed by atoms with E-state index in [4.69, 9.17) is 4.42 Å². The van der Waals surface area contributed by atoms with Gasteiger partial charge in [0.25, 0.3) is 5.91 Å². The number of nitrogens with one attached hydrogen (secondary N) is 1. The van der Waals surface area contributed by atoms with Crippen LogP contribution in [0.15, 0.2) is 47.1 Å². The van der Waals surface area contributed by atoms with Crippen molar-refractivity contribution in [2.45, 2.75) is 13.8 Å². The molecular formula is C17H14N4O2S. The van der Waals surface area contributed by atoms with E-state index in [0.717, 1.165) is 21.1 Å². The summed E-state index contributed by atoms with van der Waals surface area (Å²) in [5.41, 5.74) is 2.77. The minimum Gasteiger partial charge on any atom is -0.459 e. The van der Waals surface area contributed by atoms with Crippen molar-refractivity contribution in [3.63, 3.8) is 0 Å². The second-order valence-corrected chi connectivity index (χ2v) is 6.58. The minimum atomic E-state index is -0.333. The molecule has 1 amide bonds. The number of fused-ring (bicyclic) bond motifs is 1. The number of amides is 1. The average Bonchev–Trinajstić information content (AvgIpc) is 3.26. The number of hydrogen-bond acceptors (Lipinski definition) is 5. The number of imidazole rings is 1. The lowest BCUT2D eigenvalue weighted by molar-refractivity contribution is 0.0996. The molecule has 24 heavy (non-hydrogen) atoms. The van der Waals surface area contributed by atoms with Crippen molar-refractivity contribution in [1.82, 2.24) is 14.6 Å². The van der Waals surface area contributed by atoms with Crippen molar-refractivity contribution in [2.75, 3.05) is 5.32 Å². The molecule has 0 unspecified atom stereocenters. The fourth-order valence-corrected chi connectivity index (χ4v) is 3.19. The third-order valence-electron chi connectivity index (χ3n) is 3.61. The Bertz CT molecular complexity index is 1010. The van der Waals surface area contributed by atoms with Crippen molar-refractivity contribution in [2.24, 2.45) is 0 Å². The molecule has 0 saturated carbocycles. The summed E-state index contributed by atoms with van der Waals surface area (Å²) in [6.45, 7) is 3.93. The Morgan fingerprint density at radius 3 is 2.71 bits per heavy atom. The van der Waals surface area contributed by atoms with Crippen LogP contribution in [0.2, 0.25) is 0 Å². The first-order valence-corrected chi connectivity index (χ1v) is 8.21. The van der Waals surface area contributed by atoms with Crippen molar-refractivity contribution in [3.05, 3.63) is 59.0 Å². The molecule has 0 spiro atoms. The molecule has 0 atom stereocenters. The Kier molecular flexibility index (Phi) is 3.42. The van der Waals surface area contributed by atoms with Gasteiger partial charge in [-0.15, -0.1) is 0 Å². The zero-order valence-corrected chi connectivity index (χ0v) is 13.9. The maximum atomic E-state index is 12.4. The molecule has 0 bridgehead atoms. The van der Waals surface area contributed by atoms with Gasteiger partial charge in [0.2, 0.25) is 4.96 Å². The minimum absolute atomic E-state index is 0.242. The topological polar surface area (TPSA) is 72.4 Å². The normalized spacial score (nSPS) is 11.1. The van der Waals surface area contributed by atoms with Crippen LogP contribution < -0.4 is 5.32 Å². The lowest BCUT2D eigenvalue weighted by Crippen LogP contribution is -2.13. The summed E-state index contributed by atoms with van der Waals surface area (Å²) in [4.78, 5) is 17.8. The largest absolute Gasteiger partial charge is 0.459 e. The number of aromatic nitrogens is 3. The van der Waals surface area contributed by atoms with E-state index in [-0.39, 0.29) is 11.7 Å². The zero-order valence-electron chi connectivity index (χ0n) is 13.1. The van der Waals surface area contributed by atoms with Crippen LogP contribution in [-0.4, -0.2) is 20.5 Å². The predicted octanol–water partition coefficient (Wildman–Crippen LogP) is 3.92. The number of anilines is 1. The standard InChI is InChI=1S/C17H14N4O2S/c1-10-5-7-12(8-6-10)14-15(19-16(22)13-4-3-9-23-13)21-17(18-14)24-11(2)20-21/h3-9H,1-2H3,(H,19,22). The van der Waals surface area contributed by atoms with Crippen molar-refractivity contribution < 1.29 is 9.21 Å². The molecule has 4 aromatic rings. The summed E-state index contributed by atoms with van der Waals surface area (Å²) in [6.07, 6.45) is 1.47. The summed E-state index contributed by atoms with van der Waals surface area (Å²) in [7, 11) is 0. The van der Waals surface area contributed by atoms with Crippen LogP contribution in [0.3, 0.4) is 0 Å². The van der Waals surface area contributed by atoms with Gasteiger partial charge in [0.05, 0.1) is 6.26 Å². The molecule has 7 heteroatoms. The molecule has 3 heterocycles. The SMILES string of the molecule is Cc1ccc(-c2nc3sc(C)nn3c2NC(=O)c2ccco2)cc1. The summed E-state index contributed by atoms with van der Waals surface area (Å²) in [6, 6.07) is 11.3. The zero-order chi connectivity index (χ0) is 16.7. The van der Waals surface area contributed by atoms with Gasteiger partial charge in [0, 0.05) is 5.56 Å². The van der Waals surface area contributed by atoms with E-state index >= 15 is 0 Å². The molecule has 1 N–H and O–H groups in total. The van der Waals surface area contributed by atoms with Gasteiger partial charge in [0.15, 0.2) is 11.6 Å². The molecule has 3 aromatic heterocycles. The highest BCUT2D eigenvalue weighted by molar-refractivity contribution is 7.16. The van der Waals surface area contributed by atoms with Gasteiger partial charge in [-0.3, -0.25) is 4.79 Å². The molecule has 0 saturated heterocycles. The molecule has 0 fully saturated rings. The monoisotopic (exact) mass is 338 g/mol. The summed E-state index contributed by atoms with van der Waals surface area (Å²) >= 11 is 1.48. The number of carbonyl (C=O) groups is 1. The van der Waals surface area contributed by atoms with Gasteiger partial charge in [-0.1, -0.05) is 41.2 Å². The van der Waals surface area contributed by atoms with E-state index < -0.39 is 0 Å². The van der Waals surface area contributed by atoms with Crippen LogP contribution >= 0.6 is 11.3 Å². The fourth-order valence-electron chi connectivity index (χ4n) is 2.45. The third-order valence-corrected chi connectivity index (χ3v) is 4.43. The first-order valence-electron chi connectivity index (χ1n) is 7.40. The van der Waals surface area contributed by atoms with E-state index in [1.807, 2.05) is 38.1 Å². The number of furan rings is 1. The molecule has 1 aromatic carbocycles. The second-order valence-electron chi connectivity index (χ2n) is 5.42. The molecule has 0 aliphatic rings. The number of aryl methyl sites for hydroxylation is 2. The number of benzene rings is 1. The quantitative estimate of drug-likeness (QED) is 0.614. The number of rotatable bonds is 3. The van der Waals surface area contributed by atoms with Gasteiger partial charge in [0.1, 0.15) is 10.7 Å². The highest BCUT2D eigenvalue weighted by Gasteiger charge is 2.20. The number of nitrogens with zero attached hydrogens (tertiary/aromatic N) is 3. The Morgan fingerprint density at radius 1 is 1.21 bits per heavy atom. The van der Waals surface area contributed by atoms with E-state index in [1.165, 1.54) is 17.6 Å². The third kappa shape index (κ3) is 2.48. The maximum absolute atomic E-state index is 12.4. The highest BCUT2D eigenvalue weighted by atomic mass is 32.1. The number of hydrogen-bond donors (Lipinski definition) is 1. The summed E-state index contributed by atoms with van der Waals surface area (Å²) < 4.78 is 6.83. The summed E-state index contributed by atoms with van der Waals surface area (Å²) in [5, 5.41) is 8.19. The first kappa shape index (κ1) is 14.6. The molecule has 0 aliphatic carbocycles. The van der Waals surface area contributed by atoms with Crippen LogP contribution in [0.4, 0.5) is 5.82 Å². The second kappa shape index (κ2) is 5.61. The lowest BCUT2D eigenvalue weighted by Gasteiger charge is -2.05. The Morgan fingerprint density at radius 2 is 2.00 bits per heavy atom. The van der Waals surface area contributed by atoms with E-state index in [0.29, 0.717) is 11.5 Å². The van der Waals surface area contributed by atoms with Crippen LogP contribution in [-0.2, 0) is 0 Å². The van der Waals surface area contributed by atoms with E-state index in [2.05, 4.69) is 15.4 Å². The van der Waals surface area contributed by atoms with Crippen molar-refractivity contribution >= 4 is 28.0 Å². The Hall–Kier alpha value is -2.93. The summed E-state index contributed by atoms with van der Waals surface area (Å²) in [5.74, 6) is 0.451. The molecule has 120 valence electrons. The van der Waals surface area contributed by atoms with Crippen LogP contribution in [0.5, 0.6) is 0 Å². The molecule has 0 aliphatic heterocycles. The van der Waals surface area contributed by atoms with Crippen molar-refractivity contribution in [1.29, 1.82) is 0 Å². The van der Waals surface area contributed by atoms with Gasteiger partial charge in [-0.05, 0) is 26.0 Å². The van der Waals surface area contributed by atoms with Gasteiger partial charge < -0.3 is 9.73 Å². The van der Waals surface area contributed by atoms with Gasteiger partial charge in [-0.25, -0.2) is 4.98 Å². The van der Waals surface area contributed by atoms with Crippen LogP contribution in [0, 0.1) is 13.8 Å². The van der Waals surface area contributed by atoms with E-state index in [9.17, 15) is 4.79 Å². The fraction of sp³-hybridized carbons (Fsp3) is 0.118. The Labute approximate surface area is 141 Å². The number of carbonyl (C=O) groups excluding carboxylic acids is 1. The van der Waals surface area contributed by atoms with Gasteiger partial charge in [-0.2, -0.15) is 9.61 Å². The predicted molar refractivity (Wildman–Crippen MR) is 92.4 cm³/mol. The lowest BCUT2D eigenvalue weighted by atomic mass is 10.1. The maximum Gasteiger partial charge on any atom is 0.292 e. The van der Waals surface area contributed by atoms with Gasteiger partial charge >= 0.3 is 0 Å². The molecule has 4 rings (SSSR count). The average molecular weight is 338 g/mol. The molecular weight excluding hydrogens is 324 g/mol. The molecule has 0 radical (unpaired) electrons.